The Labute approximate surface area is 176 Å². The highest BCUT2D eigenvalue weighted by Gasteiger charge is 2.23. The van der Waals surface area contributed by atoms with Crippen molar-refractivity contribution in [2.75, 3.05) is 25.9 Å². The Morgan fingerprint density at radius 1 is 1.27 bits per heavy atom. The number of amides is 2. The Kier molecular flexibility index (Phi) is 7.09. The third kappa shape index (κ3) is 5.57. The molecule has 9 nitrogen and oxygen atoms in total. The third-order valence-corrected chi connectivity index (χ3v) is 6.81. The lowest BCUT2D eigenvalue weighted by Gasteiger charge is -2.20. The first-order valence-electron chi connectivity index (χ1n) is 10.2. The molecule has 0 radical (unpaired) electrons. The molecule has 1 aromatic carbocycles. The minimum Gasteiger partial charge on any atom is -0.356 e. The summed E-state index contributed by atoms with van der Waals surface area (Å²) in [4.78, 5) is 29.3. The Balaban J connectivity index is 1.64. The number of nitrogens with one attached hydrogen (secondary N) is 2. The van der Waals surface area contributed by atoms with Crippen LogP contribution >= 0.6 is 0 Å². The molecule has 2 aromatic rings. The summed E-state index contributed by atoms with van der Waals surface area (Å²) in [5.41, 5.74) is 1.88. The molecule has 3 rings (SSSR count). The van der Waals surface area contributed by atoms with Gasteiger partial charge in [0, 0.05) is 39.0 Å². The first-order valence-corrected chi connectivity index (χ1v) is 12.0. The van der Waals surface area contributed by atoms with E-state index in [0.29, 0.717) is 38.9 Å². The second kappa shape index (κ2) is 9.57. The second-order valence-electron chi connectivity index (χ2n) is 7.68. The van der Waals surface area contributed by atoms with E-state index in [1.165, 1.54) is 4.31 Å². The van der Waals surface area contributed by atoms with Gasteiger partial charge in [-0.1, -0.05) is 12.1 Å². The number of benzene rings is 1. The number of aromatic nitrogens is 2. The molecular formula is C20H29N5O4S. The van der Waals surface area contributed by atoms with E-state index in [-0.39, 0.29) is 30.7 Å². The van der Waals surface area contributed by atoms with E-state index in [0.717, 1.165) is 23.1 Å². The molecule has 30 heavy (non-hydrogen) atoms. The van der Waals surface area contributed by atoms with Gasteiger partial charge in [0.05, 0.1) is 23.8 Å². The minimum atomic E-state index is -3.39. The number of carbonyl (C=O) groups is 2. The Morgan fingerprint density at radius 3 is 2.77 bits per heavy atom. The summed E-state index contributed by atoms with van der Waals surface area (Å²) in [7, 11) is -1.47. The molecule has 1 aromatic heterocycles. The van der Waals surface area contributed by atoms with Gasteiger partial charge in [0.25, 0.3) is 0 Å². The van der Waals surface area contributed by atoms with Crippen LogP contribution in [-0.4, -0.2) is 60.0 Å². The van der Waals surface area contributed by atoms with Crippen LogP contribution in [0.1, 0.15) is 31.5 Å². The van der Waals surface area contributed by atoms with Gasteiger partial charge in [0.15, 0.2) is 0 Å². The molecule has 0 aliphatic carbocycles. The lowest BCUT2D eigenvalue weighted by molar-refractivity contribution is -0.126. The lowest BCUT2D eigenvalue weighted by atomic mass is 9.98. The number of fused-ring (bicyclic) bond motifs is 1. The molecule has 0 bridgehead atoms. The average Bonchev–Trinajstić information content (AvgIpc) is 2.99. The SMILES string of the molecule is Cn1c(CNC(=O)C2CCCN(S(C)(=O)=O)CCC(=O)NCC2)nc2ccccc21. The summed E-state index contributed by atoms with van der Waals surface area (Å²) < 4.78 is 27.1. The highest BCUT2D eigenvalue weighted by atomic mass is 32.2. The molecule has 1 fully saturated rings. The maximum atomic E-state index is 12.8. The molecule has 2 amide bonds. The summed E-state index contributed by atoms with van der Waals surface area (Å²) in [6.07, 6.45) is 2.89. The van der Waals surface area contributed by atoms with Gasteiger partial charge >= 0.3 is 0 Å². The highest BCUT2D eigenvalue weighted by Crippen LogP contribution is 2.16. The van der Waals surface area contributed by atoms with Gasteiger partial charge in [-0.05, 0) is 31.4 Å². The Morgan fingerprint density at radius 2 is 2.03 bits per heavy atom. The van der Waals surface area contributed by atoms with Crippen LogP contribution in [0.3, 0.4) is 0 Å². The number of imidazole rings is 1. The zero-order chi connectivity index (χ0) is 21.7. The highest BCUT2D eigenvalue weighted by molar-refractivity contribution is 7.88. The van der Waals surface area contributed by atoms with E-state index in [9.17, 15) is 18.0 Å². The summed E-state index contributed by atoms with van der Waals surface area (Å²) in [6, 6.07) is 7.78. The van der Waals surface area contributed by atoms with Crippen LogP contribution in [0, 0.1) is 5.92 Å². The number of nitrogens with zero attached hydrogens (tertiary/aromatic N) is 3. The van der Waals surface area contributed by atoms with Gasteiger partial charge in [0.2, 0.25) is 21.8 Å². The van der Waals surface area contributed by atoms with Crippen molar-refractivity contribution in [1.82, 2.24) is 24.5 Å². The number of sulfonamides is 1. The molecular weight excluding hydrogens is 406 g/mol. The summed E-state index contributed by atoms with van der Waals surface area (Å²) >= 11 is 0. The molecule has 1 saturated heterocycles. The van der Waals surface area contributed by atoms with E-state index < -0.39 is 10.0 Å². The first-order chi connectivity index (χ1) is 14.3. The van der Waals surface area contributed by atoms with Gasteiger partial charge in [-0.3, -0.25) is 9.59 Å². The van der Waals surface area contributed by atoms with Crippen LogP contribution in [0.2, 0.25) is 0 Å². The summed E-state index contributed by atoms with van der Waals surface area (Å²) in [5.74, 6) is 0.142. The van der Waals surface area contributed by atoms with E-state index in [2.05, 4.69) is 15.6 Å². The fourth-order valence-corrected chi connectivity index (χ4v) is 4.61. The lowest BCUT2D eigenvalue weighted by Crippen LogP contribution is -2.35. The summed E-state index contributed by atoms with van der Waals surface area (Å²) in [5, 5.41) is 5.74. The van der Waals surface area contributed by atoms with Gasteiger partial charge < -0.3 is 15.2 Å². The van der Waals surface area contributed by atoms with Gasteiger partial charge in [0.1, 0.15) is 5.82 Å². The van der Waals surface area contributed by atoms with Crippen LogP contribution in [0.5, 0.6) is 0 Å². The molecule has 1 aliphatic rings. The average molecular weight is 436 g/mol. The minimum absolute atomic E-state index is 0.110. The fourth-order valence-electron chi connectivity index (χ4n) is 3.73. The molecule has 0 saturated carbocycles. The van der Waals surface area contributed by atoms with Gasteiger partial charge in [-0.25, -0.2) is 17.7 Å². The van der Waals surface area contributed by atoms with Crippen molar-refractivity contribution in [2.45, 2.75) is 32.2 Å². The van der Waals surface area contributed by atoms with Gasteiger partial charge in [-0.2, -0.15) is 0 Å². The van der Waals surface area contributed by atoms with Crippen LogP contribution in [0.4, 0.5) is 0 Å². The third-order valence-electron chi connectivity index (χ3n) is 5.50. The maximum absolute atomic E-state index is 12.8. The molecule has 2 N–H and O–H groups in total. The van der Waals surface area contributed by atoms with E-state index in [1.807, 2.05) is 35.9 Å². The first kappa shape index (κ1) is 22.2. The van der Waals surface area contributed by atoms with Crippen molar-refractivity contribution in [1.29, 1.82) is 0 Å². The number of para-hydroxylation sites is 2. The summed E-state index contributed by atoms with van der Waals surface area (Å²) in [6.45, 7) is 1.17. The second-order valence-corrected chi connectivity index (χ2v) is 9.67. The standard InChI is InChI=1S/C20H29N5O4S/c1-24-17-8-4-3-7-16(17)23-18(24)14-22-20(27)15-6-5-12-25(30(2,28)29)13-10-19(26)21-11-9-15/h3-4,7-8,15H,5-6,9-14H2,1-2H3,(H,21,26)(H,22,27). The van der Waals surface area contributed by atoms with Crippen LogP contribution < -0.4 is 10.6 Å². The number of aryl methyl sites for hydroxylation is 1. The molecule has 1 atom stereocenters. The van der Waals surface area contributed by atoms with Crippen LogP contribution in [0.25, 0.3) is 11.0 Å². The topological polar surface area (TPSA) is 113 Å². The van der Waals surface area contributed by atoms with E-state index in [4.69, 9.17) is 0 Å². The zero-order valence-electron chi connectivity index (χ0n) is 17.4. The zero-order valence-corrected chi connectivity index (χ0v) is 18.2. The van der Waals surface area contributed by atoms with Crippen molar-refractivity contribution >= 4 is 32.9 Å². The van der Waals surface area contributed by atoms with Gasteiger partial charge in [-0.15, -0.1) is 0 Å². The molecule has 1 aliphatic heterocycles. The van der Waals surface area contributed by atoms with Crippen LogP contribution in [0.15, 0.2) is 24.3 Å². The normalized spacial score (nSPS) is 19.8. The van der Waals surface area contributed by atoms with Crippen LogP contribution in [-0.2, 0) is 33.2 Å². The van der Waals surface area contributed by atoms with E-state index >= 15 is 0 Å². The van der Waals surface area contributed by atoms with Crippen molar-refractivity contribution < 1.29 is 18.0 Å². The largest absolute Gasteiger partial charge is 0.356 e. The Hall–Kier alpha value is -2.46. The Bertz CT molecular complexity index is 1020. The van der Waals surface area contributed by atoms with Crippen molar-refractivity contribution in [3.8, 4) is 0 Å². The van der Waals surface area contributed by atoms with Crippen molar-refractivity contribution in [3.05, 3.63) is 30.1 Å². The number of rotatable bonds is 4. The quantitative estimate of drug-likeness (QED) is 0.736. The number of hydrogen-bond donors (Lipinski definition) is 2. The molecule has 2 heterocycles. The van der Waals surface area contributed by atoms with Crippen molar-refractivity contribution in [3.63, 3.8) is 0 Å². The molecule has 164 valence electrons. The molecule has 1 unspecified atom stereocenters. The maximum Gasteiger partial charge on any atom is 0.223 e. The number of hydrogen-bond acceptors (Lipinski definition) is 5. The molecule has 10 heteroatoms. The van der Waals surface area contributed by atoms with Crippen molar-refractivity contribution in [2.24, 2.45) is 13.0 Å². The fraction of sp³-hybridized carbons (Fsp3) is 0.550. The monoisotopic (exact) mass is 435 g/mol. The van der Waals surface area contributed by atoms with E-state index in [1.54, 1.807) is 0 Å². The number of carbonyl (C=O) groups excluding carboxylic acids is 2. The predicted octanol–water partition coefficient (Wildman–Crippen LogP) is 0.758. The predicted molar refractivity (Wildman–Crippen MR) is 114 cm³/mol. The molecule has 0 spiro atoms. The smallest absolute Gasteiger partial charge is 0.223 e.